The van der Waals surface area contributed by atoms with Crippen molar-refractivity contribution in [3.63, 3.8) is 0 Å². The van der Waals surface area contributed by atoms with Gasteiger partial charge in [-0.2, -0.15) is 0 Å². The van der Waals surface area contributed by atoms with Crippen LogP contribution in [-0.4, -0.2) is 36.9 Å². The fourth-order valence-corrected chi connectivity index (χ4v) is 1.74. The fraction of sp³-hybridized carbons (Fsp3) is 0.600. The highest BCUT2D eigenvalue weighted by molar-refractivity contribution is 5.80. The smallest absolute Gasteiger partial charge is 0.241 e. The molecule has 0 saturated carbocycles. The first-order valence-electron chi connectivity index (χ1n) is 5.04. The van der Waals surface area contributed by atoms with Crippen LogP contribution in [-0.2, 0) is 9.59 Å². The molecule has 1 fully saturated rings. The Bertz CT molecular complexity index is 257. The number of piperidine rings is 1. The molecular formula is C10H17N3O2. The van der Waals surface area contributed by atoms with Crippen LogP contribution in [0.1, 0.15) is 12.8 Å². The van der Waals surface area contributed by atoms with Gasteiger partial charge in [-0.1, -0.05) is 6.58 Å². The zero-order chi connectivity index (χ0) is 11.3. The van der Waals surface area contributed by atoms with Crippen molar-refractivity contribution < 1.29 is 9.59 Å². The SMILES string of the molecule is C=C(N)C1CCN(C(=O)CNC=O)CC1. The van der Waals surface area contributed by atoms with E-state index < -0.39 is 0 Å². The van der Waals surface area contributed by atoms with Gasteiger partial charge >= 0.3 is 0 Å². The maximum atomic E-state index is 11.5. The minimum atomic E-state index is -0.0387. The van der Waals surface area contributed by atoms with Crippen LogP contribution in [0.2, 0.25) is 0 Å². The molecule has 0 radical (unpaired) electrons. The van der Waals surface area contributed by atoms with Crippen molar-refractivity contribution in [3.8, 4) is 0 Å². The highest BCUT2D eigenvalue weighted by Crippen LogP contribution is 2.20. The Labute approximate surface area is 89.3 Å². The lowest BCUT2D eigenvalue weighted by Crippen LogP contribution is -2.43. The summed E-state index contributed by atoms with van der Waals surface area (Å²) < 4.78 is 0. The van der Waals surface area contributed by atoms with Gasteiger partial charge in [0.15, 0.2) is 0 Å². The lowest BCUT2D eigenvalue weighted by molar-refractivity contribution is -0.132. The molecule has 1 saturated heterocycles. The number of carbonyl (C=O) groups is 2. The van der Waals surface area contributed by atoms with Crippen LogP contribution >= 0.6 is 0 Å². The maximum Gasteiger partial charge on any atom is 0.241 e. The number of amides is 2. The van der Waals surface area contributed by atoms with Crippen LogP contribution in [0.4, 0.5) is 0 Å². The number of likely N-dealkylation sites (tertiary alicyclic amines) is 1. The highest BCUT2D eigenvalue weighted by atomic mass is 16.2. The summed E-state index contributed by atoms with van der Waals surface area (Å²) in [6, 6.07) is 0. The molecule has 3 N–H and O–H groups in total. The molecule has 1 aliphatic heterocycles. The summed E-state index contributed by atoms with van der Waals surface area (Å²) in [5.74, 6) is 0.288. The average molecular weight is 211 g/mol. The summed E-state index contributed by atoms with van der Waals surface area (Å²) in [5.41, 5.74) is 6.31. The van der Waals surface area contributed by atoms with E-state index in [1.54, 1.807) is 4.90 Å². The predicted molar refractivity (Wildman–Crippen MR) is 56.7 cm³/mol. The Morgan fingerprint density at radius 2 is 2.13 bits per heavy atom. The Morgan fingerprint density at radius 3 is 2.60 bits per heavy atom. The van der Waals surface area contributed by atoms with Gasteiger partial charge in [0.2, 0.25) is 12.3 Å². The number of nitrogens with one attached hydrogen (secondary N) is 1. The van der Waals surface area contributed by atoms with Crippen LogP contribution in [0.5, 0.6) is 0 Å². The maximum absolute atomic E-state index is 11.5. The van der Waals surface area contributed by atoms with E-state index in [1.807, 2.05) is 0 Å². The van der Waals surface area contributed by atoms with Crippen molar-refractivity contribution in [2.45, 2.75) is 12.8 Å². The lowest BCUT2D eigenvalue weighted by atomic mass is 9.94. The second-order valence-corrected chi connectivity index (χ2v) is 3.73. The monoisotopic (exact) mass is 211 g/mol. The van der Waals surface area contributed by atoms with Gasteiger partial charge in [0, 0.05) is 24.7 Å². The van der Waals surface area contributed by atoms with E-state index in [0.717, 1.165) is 12.8 Å². The van der Waals surface area contributed by atoms with E-state index in [1.165, 1.54) is 0 Å². The summed E-state index contributed by atoms with van der Waals surface area (Å²) in [4.78, 5) is 23.3. The minimum absolute atomic E-state index is 0.0387. The Morgan fingerprint density at radius 1 is 1.53 bits per heavy atom. The van der Waals surface area contributed by atoms with Gasteiger partial charge in [-0.15, -0.1) is 0 Å². The van der Waals surface area contributed by atoms with Crippen molar-refractivity contribution in [2.24, 2.45) is 11.7 Å². The third-order valence-corrected chi connectivity index (χ3v) is 2.71. The number of nitrogens with zero attached hydrogens (tertiary/aromatic N) is 1. The molecule has 0 aromatic carbocycles. The summed E-state index contributed by atoms with van der Waals surface area (Å²) in [5, 5.41) is 2.37. The molecule has 0 unspecified atom stereocenters. The number of nitrogens with two attached hydrogens (primary N) is 1. The molecule has 2 amide bonds. The number of carbonyl (C=O) groups excluding carboxylic acids is 2. The number of allylic oxidation sites excluding steroid dienone is 1. The van der Waals surface area contributed by atoms with Crippen molar-refractivity contribution in [3.05, 3.63) is 12.3 Å². The van der Waals surface area contributed by atoms with Crippen molar-refractivity contribution in [1.82, 2.24) is 10.2 Å². The standard InChI is InChI=1S/C10H17N3O2/c1-8(11)9-2-4-13(5-3-9)10(15)6-12-7-14/h7,9H,1-6,11H2,(H,12,14). The van der Waals surface area contributed by atoms with Gasteiger partial charge in [0.25, 0.3) is 0 Å². The van der Waals surface area contributed by atoms with Gasteiger partial charge in [0.05, 0.1) is 6.54 Å². The fourth-order valence-electron chi connectivity index (χ4n) is 1.74. The second kappa shape index (κ2) is 5.38. The third-order valence-electron chi connectivity index (χ3n) is 2.71. The van der Waals surface area contributed by atoms with Gasteiger partial charge in [-0.3, -0.25) is 9.59 Å². The van der Waals surface area contributed by atoms with Crippen molar-refractivity contribution in [1.29, 1.82) is 0 Å². The van der Waals surface area contributed by atoms with Crippen molar-refractivity contribution in [2.75, 3.05) is 19.6 Å². The number of rotatable bonds is 4. The van der Waals surface area contributed by atoms with E-state index in [2.05, 4.69) is 11.9 Å². The normalized spacial score (nSPS) is 17.2. The largest absolute Gasteiger partial charge is 0.402 e. The van der Waals surface area contributed by atoms with E-state index in [0.29, 0.717) is 31.1 Å². The first kappa shape index (κ1) is 11.6. The van der Waals surface area contributed by atoms with Crippen LogP contribution < -0.4 is 11.1 Å². The molecule has 84 valence electrons. The molecule has 0 atom stereocenters. The topological polar surface area (TPSA) is 75.4 Å². The molecule has 0 bridgehead atoms. The first-order valence-corrected chi connectivity index (χ1v) is 5.04. The van der Waals surface area contributed by atoms with Crippen LogP contribution in [0.3, 0.4) is 0 Å². The Kier molecular flexibility index (Phi) is 4.15. The predicted octanol–water partition coefficient (Wildman–Crippen LogP) is -0.557. The average Bonchev–Trinajstić information content (AvgIpc) is 2.26. The van der Waals surface area contributed by atoms with Gasteiger partial charge in [0.1, 0.15) is 0 Å². The first-order chi connectivity index (χ1) is 7.15. The number of hydrogen-bond acceptors (Lipinski definition) is 3. The molecule has 1 rings (SSSR count). The third kappa shape index (κ3) is 3.27. The molecule has 1 aliphatic rings. The summed E-state index contributed by atoms with van der Waals surface area (Å²) >= 11 is 0. The molecular weight excluding hydrogens is 194 g/mol. The van der Waals surface area contributed by atoms with E-state index >= 15 is 0 Å². The van der Waals surface area contributed by atoms with Crippen LogP contribution in [0.25, 0.3) is 0 Å². The molecule has 1 heterocycles. The highest BCUT2D eigenvalue weighted by Gasteiger charge is 2.22. The van der Waals surface area contributed by atoms with Gasteiger partial charge in [-0.05, 0) is 12.8 Å². The molecule has 0 spiro atoms. The molecule has 5 nitrogen and oxygen atoms in total. The Balaban J connectivity index is 2.33. The zero-order valence-electron chi connectivity index (χ0n) is 8.74. The van der Waals surface area contributed by atoms with Gasteiger partial charge in [-0.25, -0.2) is 0 Å². The van der Waals surface area contributed by atoms with E-state index in [-0.39, 0.29) is 12.5 Å². The van der Waals surface area contributed by atoms with E-state index in [4.69, 9.17) is 5.73 Å². The summed E-state index contributed by atoms with van der Waals surface area (Å²) in [7, 11) is 0. The lowest BCUT2D eigenvalue weighted by Gasteiger charge is -2.31. The van der Waals surface area contributed by atoms with Crippen LogP contribution in [0, 0.1) is 5.92 Å². The quantitative estimate of drug-likeness (QED) is 0.612. The molecule has 15 heavy (non-hydrogen) atoms. The zero-order valence-corrected chi connectivity index (χ0v) is 8.74. The molecule has 0 aliphatic carbocycles. The van der Waals surface area contributed by atoms with Gasteiger partial charge < -0.3 is 16.0 Å². The summed E-state index contributed by atoms with van der Waals surface area (Å²) in [6.07, 6.45) is 2.26. The molecule has 0 aromatic rings. The Hall–Kier alpha value is -1.52. The van der Waals surface area contributed by atoms with Crippen LogP contribution in [0.15, 0.2) is 12.3 Å². The molecule has 5 heteroatoms. The van der Waals surface area contributed by atoms with E-state index in [9.17, 15) is 9.59 Å². The van der Waals surface area contributed by atoms with Crippen molar-refractivity contribution >= 4 is 12.3 Å². The number of hydrogen-bond donors (Lipinski definition) is 2. The molecule has 0 aromatic heterocycles. The summed E-state index contributed by atoms with van der Waals surface area (Å²) in [6.45, 7) is 5.18. The minimum Gasteiger partial charge on any atom is -0.402 e. The second-order valence-electron chi connectivity index (χ2n) is 3.73.